The molecular formula is C16H38Br2N2. The van der Waals surface area contributed by atoms with Crippen molar-refractivity contribution < 1.29 is 0 Å². The Kier molecular flexibility index (Phi) is 25.7. The Labute approximate surface area is 149 Å². The van der Waals surface area contributed by atoms with Crippen LogP contribution in [0.2, 0.25) is 0 Å². The Hall–Kier alpha value is 0.880. The van der Waals surface area contributed by atoms with Gasteiger partial charge in [-0.2, -0.15) is 0 Å². The molecule has 0 aromatic rings. The Morgan fingerprint density at radius 3 is 0.950 bits per heavy atom. The number of halogens is 2. The van der Waals surface area contributed by atoms with E-state index in [4.69, 9.17) is 0 Å². The van der Waals surface area contributed by atoms with E-state index in [2.05, 4.69) is 37.7 Å². The molecule has 0 spiro atoms. The maximum absolute atomic E-state index is 2.36. The van der Waals surface area contributed by atoms with Crippen molar-refractivity contribution in [2.45, 2.75) is 65.2 Å². The smallest absolute Gasteiger partial charge is 0.00213 e. The van der Waals surface area contributed by atoms with E-state index < -0.39 is 0 Å². The van der Waals surface area contributed by atoms with Crippen molar-refractivity contribution in [2.75, 3.05) is 40.3 Å². The summed E-state index contributed by atoms with van der Waals surface area (Å²) in [5.74, 6) is 0. The van der Waals surface area contributed by atoms with Gasteiger partial charge in [0.2, 0.25) is 0 Å². The number of likely N-dealkylation sites (tertiary alicyclic amines) is 2. The van der Waals surface area contributed by atoms with Crippen molar-refractivity contribution in [1.82, 2.24) is 9.80 Å². The summed E-state index contributed by atoms with van der Waals surface area (Å²) in [4.78, 5) is 4.72. The van der Waals surface area contributed by atoms with Gasteiger partial charge >= 0.3 is 0 Å². The highest BCUT2D eigenvalue weighted by molar-refractivity contribution is 8.93. The molecule has 20 heavy (non-hydrogen) atoms. The molecule has 0 bridgehead atoms. The third kappa shape index (κ3) is 18.9. The van der Waals surface area contributed by atoms with E-state index in [9.17, 15) is 0 Å². The van der Waals surface area contributed by atoms with Crippen LogP contribution in [-0.2, 0) is 0 Å². The van der Waals surface area contributed by atoms with Crippen LogP contribution in [0.1, 0.15) is 65.2 Å². The second kappa shape index (κ2) is 19.9. The van der Waals surface area contributed by atoms with Crippen LogP contribution >= 0.6 is 34.0 Å². The standard InChI is InChI=1S/C6H14.2C5H11N.2BrH/c1-3-5-6-4-2;2*1-6-4-2-3-5-6;;/h3-6H2,1-2H3;2*2-5H2,1H3;2*1H. The lowest BCUT2D eigenvalue weighted by molar-refractivity contribution is 0.418. The fourth-order valence-electron chi connectivity index (χ4n) is 2.25. The van der Waals surface area contributed by atoms with Gasteiger partial charge in [-0.3, -0.25) is 0 Å². The summed E-state index contributed by atoms with van der Waals surface area (Å²) >= 11 is 0. The van der Waals surface area contributed by atoms with Gasteiger partial charge in [0.1, 0.15) is 0 Å². The van der Waals surface area contributed by atoms with Crippen LogP contribution < -0.4 is 0 Å². The molecule has 2 heterocycles. The zero-order valence-corrected chi connectivity index (χ0v) is 17.6. The van der Waals surface area contributed by atoms with Crippen LogP contribution in [0.4, 0.5) is 0 Å². The van der Waals surface area contributed by atoms with Gasteiger partial charge in [0.05, 0.1) is 0 Å². The first kappa shape index (κ1) is 25.8. The molecule has 0 amide bonds. The molecular weight excluding hydrogens is 380 g/mol. The fourth-order valence-corrected chi connectivity index (χ4v) is 2.25. The van der Waals surface area contributed by atoms with E-state index in [1.54, 1.807) is 0 Å². The second-order valence-corrected chi connectivity index (χ2v) is 5.73. The first-order valence-electron chi connectivity index (χ1n) is 8.07. The minimum absolute atomic E-state index is 0. The van der Waals surface area contributed by atoms with Crippen LogP contribution in [0, 0.1) is 0 Å². The van der Waals surface area contributed by atoms with Gasteiger partial charge in [0.25, 0.3) is 0 Å². The molecule has 126 valence electrons. The lowest BCUT2D eigenvalue weighted by Crippen LogP contribution is -2.10. The van der Waals surface area contributed by atoms with Crippen molar-refractivity contribution >= 4 is 34.0 Å². The van der Waals surface area contributed by atoms with Crippen molar-refractivity contribution in [2.24, 2.45) is 0 Å². The van der Waals surface area contributed by atoms with Gasteiger partial charge in [-0.15, -0.1) is 34.0 Å². The summed E-state index contributed by atoms with van der Waals surface area (Å²) in [6, 6.07) is 0. The number of nitrogens with zero attached hydrogens (tertiary/aromatic N) is 2. The molecule has 2 aliphatic heterocycles. The molecule has 0 unspecified atom stereocenters. The summed E-state index contributed by atoms with van der Waals surface area (Å²) in [5.41, 5.74) is 0. The summed E-state index contributed by atoms with van der Waals surface area (Å²) < 4.78 is 0. The highest BCUT2D eigenvalue weighted by Gasteiger charge is 2.03. The van der Waals surface area contributed by atoms with E-state index in [1.165, 1.54) is 77.5 Å². The molecule has 2 nitrogen and oxygen atoms in total. The molecule has 0 aliphatic carbocycles. The van der Waals surface area contributed by atoms with Crippen LogP contribution in [0.25, 0.3) is 0 Å². The monoisotopic (exact) mass is 416 g/mol. The quantitative estimate of drug-likeness (QED) is 0.584. The maximum Gasteiger partial charge on any atom is -0.00213 e. The van der Waals surface area contributed by atoms with Crippen molar-refractivity contribution in [3.05, 3.63) is 0 Å². The Bertz CT molecular complexity index is 139. The summed E-state index contributed by atoms with van der Waals surface area (Å²) in [6.07, 6.45) is 11.2. The van der Waals surface area contributed by atoms with E-state index in [-0.39, 0.29) is 34.0 Å². The molecule has 0 N–H and O–H groups in total. The maximum atomic E-state index is 2.36. The molecule has 2 rings (SSSR count). The van der Waals surface area contributed by atoms with Gasteiger partial charge in [-0.05, 0) is 66.0 Å². The SMILES string of the molecule is Br.Br.CCCCCC.CN1CCCC1.CN1CCCC1. The van der Waals surface area contributed by atoms with E-state index >= 15 is 0 Å². The van der Waals surface area contributed by atoms with Crippen molar-refractivity contribution in [3.8, 4) is 0 Å². The van der Waals surface area contributed by atoms with Crippen molar-refractivity contribution in [3.63, 3.8) is 0 Å². The zero-order chi connectivity index (χ0) is 13.6. The molecule has 4 heteroatoms. The second-order valence-electron chi connectivity index (χ2n) is 5.73. The Balaban J connectivity index is -0.000000206. The molecule has 2 aliphatic rings. The minimum atomic E-state index is 0. The minimum Gasteiger partial charge on any atom is -0.306 e. The van der Waals surface area contributed by atoms with Crippen LogP contribution in [0.5, 0.6) is 0 Å². The van der Waals surface area contributed by atoms with E-state index in [0.29, 0.717) is 0 Å². The van der Waals surface area contributed by atoms with E-state index in [0.717, 1.165) is 0 Å². The third-order valence-electron chi connectivity index (χ3n) is 3.62. The predicted molar refractivity (Wildman–Crippen MR) is 104 cm³/mol. The normalized spacial score (nSPS) is 18.0. The summed E-state index contributed by atoms with van der Waals surface area (Å²) in [5, 5.41) is 0. The lowest BCUT2D eigenvalue weighted by atomic mass is 10.2. The first-order valence-corrected chi connectivity index (χ1v) is 8.07. The largest absolute Gasteiger partial charge is 0.306 e. The number of unbranched alkanes of at least 4 members (excludes halogenated alkanes) is 3. The first-order chi connectivity index (χ1) is 8.70. The number of hydrogen-bond donors (Lipinski definition) is 0. The Morgan fingerprint density at radius 2 is 0.850 bits per heavy atom. The molecule has 0 aromatic heterocycles. The molecule has 0 saturated carbocycles. The molecule has 0 atom stereocenters. The highest BCUT2D eigenvalue weighted by Crippen LogP contribution is 2.02. The van der Waals surface area contributed by atoms with Crippen molar-refractivity contribution in [1.29, 1.82) is 0 Å². The van der Waals surface area contributed by atoms with Crippen LogP contribution in [-0.4, -0.2) is 50.1 Å². The molecule has 2 fully saturated rings. The number of rotatable bonds is 3. The van der Waals surface area contributed by atoms with Gasteiger partial charge in [-0.25, -0.2) is 0 Å². The third-order valence-corrected chi connectivity index (χ3v) is 3.62. The zero-order valence-electron chi connectivity index (χ0n) is 14.2. The van der Waals surface area contributed by atoms with Gasteiger partial charge in [0, 0.05) is 0 Å². The fraction of sp³-hybridized carbons (Fsp3) is 1.00. The van der Waals surface area contributed by atoms with Crippen LogP contribution in [0.3, 0.4) is 0 Å². The highest BCUT2D eigenvalue weighted by atomic mass is 79.9. The topological polar surface area (TPSA) is 6.48 Å². The van der Waals surface area contributed by atoms with Gasteiger partial charge < -0.3 is 9.80 Å². The van der Waals surface area contributed by atoms with Crippen LogP contribution in [0.15, 0.2) is 0 Å². The Morgan fingerprint density at radius 1 is 0.600 bits per heavy atom. The molecule has 0 aromatic carbocycles. The molecule has 2 saturated heterocycles. The van der Waals surface area contributed by atoms with Gasteiger partial charge in [0.15, 0.2) is 0 Å². The van der Waals surface area contributed by atoms with Gasteiger partial charge in [-0.1, -0.05) is 39.5 Å². The summed E-state index contributed by atoms with van der Waals surface area (Å²) in [6.45, 7) is 9.74. The number of hydrogen-bond acceptors (Lipinski definition) is 2. The summed E-state index contributed by atoms with van der Waals surface area (Å²) in [7, 11) is 4.35. The van der Waals surface area contributed by atoms with E-state index in [1.807, 2.05) is 0 Å². The average molecular weight is 418 g/mol. The average Bonchev–Trinajstić information content (AvgIpc) is 3.01. The predicted octanol–water partition coefficient (Wildman–Crippen LogP) is 5.17. The lowest BCUT2D eigenvalue weighted by Gasteiger charge is -2.01. The molecule has 0 radical (unpaired) electrons.